The number of rotatable bonds is 6. The van der Waals surface area contributed by atoms with Gasteiger partial charge in [0.2, 0.25) is 10.0 Å². The van der Waals surface area contributed by atoms with Crippen molar-refractivity contribution < 1.29 is 12.8 Å². The zero-order valence-electron chi connectivity index (χ0n) is 18.9. The molecule has 0 atom stereocenters. The molecule has 0 aliphatic carbocycles. The average Bonchev–Trinajstić information content (AvgIpc) is 3.22. The second-order valence-corrected chi connectivity index (χ2v) is 10.3. The van der Waals surface area contributed by atoms with Gasteiger partial charge in [0.05, 0.1) is 11.4 Å². The maximum Gasteiger partial charge on any atom is 0.243 e. The Morgan fingerprint density at radius 1 is 0.941 bits per heavy atom. The Labute approximate surface area is 198 Å². The number of aryl methyl sites for hydroxylation is 1. The highest BCUT2D eigenvalue weighted by Crippen LogP contribution is 2.23. The van der Waals surface area contributed by atoms with E-state index in [9.17, 15) is 12.8 Å². The minimum atomic E-state index is -3.52. The molecule has 1 aliphatic rings. The van der Waals surface area contributed by atoms with Crippen molar-refractivity contribution in [2.24, 2.45) is 0 Å². The molecule has 1 fully saturated rings. The molecule has 1 aliphatic heterocycles. The number of piperazine rings is 1. The molecule has 0 spiro atoms. The van der Waals surface area contributed by atoms with Crippen LogP contribution in [0.3, 0.4) is 0 Å². The van der Waals surface area contributed by atoms with Gasteiger partial charge in [-0.2, -0.15) is 4.31 Å². The van der Waals surface area contributed by atoms with Gasteiger partial charge < -0.3 is 0 Å². The lowest BCUT2D eigenvalue weighted by atomic mass is 10.2. The topological polar surface area (TPSA) is 71.3 Å². The van der Waals surface area contributed by atoms with Crippen LogP contribution >= 0.6 is 0 Å². The quantitative estimate of drug-likeness (QED) is 0.422. The molecule has 4 aromatic rings. The van der Waals surface area contributed by atoms with Gasteiger partial charge in [-0.3, -0.25) is 9.47 Å². The van der Waals surface area contributed by atoms with E-state index in [1.54, 1.807) is 34.8 Å². The largest absolute Gasteiger partial charge is 0.293 e. The second-order valence-electron chi connectivity index (χ2n) is 8.36. The molecule has 9 heteroatoms. The SMILES string of the molecule is CCc1ccc(S(=O)(=O)N2CCN(Cc3nc4cccnc4n3-c3ccc(F)cc3)CC2)cc1. The van der Waals surface area contributed by atoms with Crippen molar-refractivity contribution in [2.45, 2.75) is 24.8 Å². The third-order valence-electron chi connectivity index (χ3n) is 6.24. The maximum atomic E-state index is 13.5. The van der Waals surface area contributed by atoms with E-state index in [0.29, 0.717) is 43.3 Å². The normalized spacial score (nSPS) is 15.7. The summed E-state index contributed by atoms with van der Waals surface area (Å²) in [6, 6.07) is 17.1. The standard InChI is InChI=1S/C25H26FN5O2S/c1-2-19-5-11-22(12-6-19)34(32,33)30-16-14-29(15-17-30)18-24-28-23-4-3-13-27-25(23)31(24)21-9-7-20(26)8-10-21/h3-13H,2,14-18H2,1H3. The lowest BCUT2D eigenvalue weighted by Crippen LogP contribution is -2.48. The van der Waals surface area contributed by atoms with Gasteiger partial charge in [0, 0.05) is 38.1 Å². The summed E-state index contributed by atoms with van der Waals surface area (Å²) in [5.41, 5.74) is 3.37. The predicted octanol–water partition coefficient (Wildman–Crippen LogP) is 3.63. The van der Waals surface area contributed by atoms with Crippen LogP contribution in [0.25, 0.3) is 16.9 Å². The van der Waals surface area contributed by atoms with Crippen molar-refractivity contribution in [2.75, 3.05) is 26.2 Å². The summed E-state index contributed by atoms with van der Waals surface area (Å²) in [6.07, 6.45) is 2.59. The number of sulfonamides is 1. The Balaban J connectivity index is 1.34. The summed E-state index contributed by atoms with van der Waals surface area (Å²) in [7, 11) is -3.52. The summed E-state index contributed by atoms with van der Waals surface area (Å²) in [5, 5.41) is 0. The third-order valence-corrected chi connectivity index (χ3v) is 8.15. The number of hydrogen-bond acceptors (Lipinski definition) is 5. The average molecular weight is 480 g/mol. The van der Waals surface area contributed by atoms with Gasteiger partial charge in [-0.25, -0.2) is 22.8 Å². The number of fused-ring (bicyclic) bond motifs is 1. The highest BCUT2D eigenvalue weighted by Gasteiger charge is 2.29. The Hall–Kier alpha value is -3.14. The van der Waals surface area contributed by atoms with Crippen molar-refractivity contribution in [1.29, 1.82) is 0 Å². The first-order chi connectivity index (χ1) is 16.5. The molecule has 0 bridgehead atoms. The molecule has 0 unspecified atom stereocenters. The van der Waals surface area contributed by atoms with Gasteiger partial charge in [-0.1, -0.05) is 19.1 Å². The van der Waals surface area contributed by atoms with E-state index in [1.165, 1.54) is 12.1 Å². The highest BCUT2D eigenvalue weighted by molar-refractivity contribution is 7.89. The fourth-order valence-electron chi connectivity index (χ4n) is 4.30. The lowest BCUT2D eigenvalue weighted by molar-refractivity contribution is 0.177. The van der Waals surface area contributed by atoms with E-state index < -0.39 is 10.0 Å². The zero-order valence-corrected chi connectivity index (χ0v) is 19.7. The molecule has 176 valence electrons. The van der Waals surface area contributed by atoms with E-state index in [0.717, 1.165) is 29.0 Å². The molecule has 3 heterocycles. The molecular formula is C25H26FN5O2S. The van der Waals surface area contributed by atoms with Crippen LogP contribution < -0.4 is 0 Å². The molecule has 0 radical (unpaired) electrons. The van der Waals surface area contributed by atoms with Crippen LogP contribution in [0.1, 0.15) is 18.3 Å². The first kappa shape index (κ1) is 22.6. The molecule has 0 saturated carbocycles. The van der Waals surface area contributed by atoms with Crippen LogP contribution in [0.2, 0.25) is 0 Å². The summed E-state index contributed by atoms with van der Waals surface area (Å²) < 4.78 is 43.2. The molecule has 34 heavy (non-hydrogen) atoms. The smallest absolute Gasteiger partial charge is 0.243 e. The first-order valence-electron chi connectivity index (χ1n) is 11.4. The minimum Gasteiger partial charge on any atom is -0.293 e. The Kier molecular flexibility index (Phi) is 6.16. The van der Waals surface area contributed by atoms with Crippen LogP contribution in [0, 0.1) is 5.82 Å². The van der Waals surface area contributed by atoms with E-state index in [2.05, 4.69) is 9.88 Å². The number of nitrogens with zero attached hydrogens (tertiary/aromatic N) is 5. The van der Waals surface area contributed by atoms with Gasteiger partial charge >= 0.3 is 0 Å². The Morgan fingerprint density at radius 3 is 2.32 bits per heavy atom. The van der Waals surface area contributed by atoms with Crippen LogP contribution in [0.5, 0.6) is 0 Å². The van der Waals surface area contributed by atoms with Crippen LogP contribution in [-0.2, 0) is 23.0 Å². The van der Waals surface area contributed by atoms with Gasteiger partial charge in [0.15, 0.2) is 5.65 Å². The molecule has 2 aromatic carbocycles. The first-order valence-corrected chi connectivity index (χ1v) is 12.8. The van der Waals surface area contributed by atoms with Gasteiger partial charge in [-0.15, -0.1) is 0 Å². The lowest BCUT2D eigenvalue weighted by Gasteiger charge is -2.33. The van der Waals surface area contributed by atoms with E-state index >= 15 is 0 Å². The number of pyridine rings is 1. The van der Waals surface area contributed by atoms with E-state index in [1.807, 2.05) is 35.8 Å². The highest BCUT2D eigenvalue weighted by atomic mass is 32.2. The third kappa shape index (κ3) is 4.34. The Morgan fingerprint density at radius 2 is 1.65 bits per heavy atom. The predicted molar refractivity (Wildman–Crippen MR) is 129 cm³/mol. The number of aromatic nitrogens is 3. The molecule has 0 amide bonds. The number of benzene rings is 2. The molecule has 5 rings (SSSR count). The molecule has 0 N–H and O–H groups in total. The number of hydrogen-bond donors (Lipinski definition) is 0. The zero-order chi connectivity index (χ0) is 23.7. The Bertz CT molecular complexity index is 1390. The van der Waals surface area contributed by atoms with Crippen LogP contribution in [-0.4, -0.2) is 58.3 Å². The number of imidazole rings is 1. The minimum absolute atomic E-state index is 0.302. The van der Waals surface area contributed by atoms with Crippen molar-refractivity contribution in [1.82, 2.24) is 23.7 Å². The monoisotopic (exact) mass is 479 g/mol. The number of halogens is 1. The van der Waals surface area contributed by atoms with Gasteiger partial charge in [0.1, 0.15) is 17.2 Å². The molecule has 2 aromatic heterocycles. The van der Waals surface area contributed by atoms with E-state index in [4.69, 9.17) is 4.98 Å². The fraction of sp³-hybridized carbons (Fsp3) is 0.280. The second kappa shape index (κ2) is 9.25. The summed E-state index contributed by atoms with van der Waals surface area (Å²) in [4.78, 5) is 11.8. The van der Waals surface area contributed by atoms with Crippen LogP contribution in [0.4, 0.5) is 4.39 Å². The van der Waals surface area contributed by atoms with Crippen LogP contribution in [0.15, 0.2) is 71.8 Å². The van der Waals surface area contributed by atoms with Crippen molar-refractivity contribution in [3.63, 3.8) is 0 Å². The summed E-state index contributed by atoms with van der Waals surface area (Å²) >= 11 is 0. The van der Waals surface area contributed by atoms with Gasteiger partial charge in [-0.05, 0) is 60.5 Å². The summed E-state index contributed by atoms with van der Waals surface area (Å²) in [6.45, 7) is 4.58. The fourth-order valence-corrected chi connectivity index (χ4v) is 5.72. The molecular weight excluding hydrogens is 453 g/mol. The molecule has 1 saturated heterocycles. The molecule has 7 nitrogen and oxygen atoms in total. The van der Waals surface area contributed by atoms with Crippen molar-refractivity contribution in [3.05, 3.63) is 84.1 Å². The van der Waals surface area contributed by atoms with Crippen molar-refractivity contribution >= 4 is 21.2 Å². The van der Waals surface area contributed by atoms with Crippen molar-refractivity contribution in [3.8, 4) is 5.69 Å². The van der Waals surface area contributed by atoms with Gasteiger partial charge in [0.25, 0.3) is 0 Å². The van der Waals surface area contributed by atoms with E-state index in [-0.39, 0.29) is 5.82 Å². The summed E-state index contributed by atoms with van der Waals surface area (Å²) in [5.74, 6) is 0.483. The maximum absolute atomic E-state index is 13.5.